The highest BCUT2D eigenvalue weighted by Crippen LogP contribution is 2.40. The van der Waals surface area contributed by atoms with Gasteiger partial charge in [0.05, 0.1) is 17.9 Å². The Morgan fingerprint density at radius 1 is 1.25 bits per heavy atom. The number of benzene rings is 1. The predicted octanol–water partition coefficient (Wildman–Crippen LogP) is 3.15. The number of nitrogens with one attached hydrogen (secondary N) is 1. The molecule has 0 saturated heterocycles. The van der Waals surface area contributed by atoms with Crippen molar-refractivity contribution in [1.82, 2.24) is 14.9 Å². The molecule has 0 radical (unpaired) electrons. The van der Waals surface area contributed by atoms with E-state index in [0.29, 0.717) is 11.3 Å². The molecule has 1 aromatic carbocycles. The lowest BCUT2D eigenvalue weighted by molar-refractivity contribution is -0.137. The van der Waals surface area contributed by atoms with Crippen LogP contribution < -0.4 is 0 Å². The zero-order chi connectivity index (χ0) is 23.0. The lowest BCUT2D eigenvalue weighted by Gasteiger charge is -2.29. The molecule has 0 unspecified atom stereocenters. The fraction of sp³-hybridized carbons (Fsp3) is 0.261. The molecule has 2 N–H and O–H groups in total. The van der Waals surface area contributed by atoms with Crippen LogP contribution in [0.2, 0.25) is 0 Å². The maximum absolute atomic E-state index is 13.8. The first-order valence-corrected chi connectivity index (χ1v) is 9.96. The number of rotatable bonds is 4. The van der Waals surface area contributed by atoms with Crippen LogP contribution in [0.3, 0.4) is 0 Å². The number of nitrogens with zero attached hydrogens (tertiary/aromatic N) is 2. The van der Waals surface area contributed by atoms with Gasteiger partial charge in [-0.05, 0) is 35.9 Å². The topological polar surface area (TPSA) is 95.5 Å². The van der Waals surface area contributed by atoms with E-state index in [1.165, 1.54) is 17.2 Å². The van der Waals surface area contributed by atoms with Crippen LogP contribution in [0.15, 0.2) is 42.7 Å². The minimum Gasteiger partial charge on any atom is -0.460 e. The number of hydrogen-bond donors (Lipinski definition) is 2. The minimum absolute atomic E-state index is 0.0592. The average molecular weight is 441 g/mol. The van der Waals surface area contributed by atoms with Gasteiger partial charge < -0.3 is 19.7 Å². The maximum Gasteiger partial charge on any atom is 0.341 e. The van der Waals surface area contributed by atoms with Gasteiger partial charge in [0.25, 0.3) is 5.91 Å². The van der Waals surface area contributed by atoms with E-state index in [0.717, 1.165) is 23.1 Å². The van der Waals surface area contributed by atoms with E-state index < -0.39 is 28.9 Å². The predicted molar refractivity (Wildman–Crippen MR) is 113 cm³/mol. The van der Waals surface area contributed by atoms with Gasteiger partial charge in [-0.2, -0.15) is 0 Å². The summed E-state index contributed by atoms with van der Waals surface area (Å²) in [5, 5.41) is 9.84. The van der Waals surface area contributed by atoms with Gasteiger partial charge in [-0.15, -0.1) is 0 Å². The first-order valence-electron chi connectivity index (χ1n) is 9.96. The third kappa shape index (κ3) is 3.75. The third-order valence-corrected chi connectivity index (χ3v) is 5.34. The van der Waals surface area contributed by atoms with E-state index in [1.807, 2.05) is 19.9 Å². The molecule has 166 valence electrons. The van der Waals surface area contributed by atoms with Crippen molar-refractivity contribution in [3.8, 4) is 0 Å². The number of fused-ring (bicyclic) bond motifs is 3. The summed E-state index contributed by atoms with van der Waals surface area (Å²) in [6.45, 7) is 3.39. The lowest BCUT2D eigenvalue weighted by Crippen LogP contribution is -2.37. The number of ether oxygens (including phenoxy) is 1. The van der Waals surface area contributed by atoms with E-state index in [1.54, 1.807) is 12.3 Å². The molecule has 0 saturated carbocycles. The smallest absolute Gasteiger partial charge is 0.341 e. The van der Waals surface area contributed by atoms with Crippen LogP contribution in [0.4, 0.5) is 8.78 Å². The van der Waals surface area contributed by atoms with Crippen molar-refractivity contribution in [2.45, 2.75) is 19.3 Å². The second-order valence-electron chi connectivity index (χ2n) is 8.12. The van der Waals surface area contributed by atoms with Crippen LogP contribution >= 0.6 is 0 Å². The van der Waals surface area contributed by atoms with Crippen molar-refractivity contribution in [2.75, 3.05) is 19.8 Å². The van der Waals surface area contributed by atoms with E-state index in [-0.39, 0.29) is 30.9 Å². The second kappa shape index (κ2) is 8.16. The van der Waals surface area contributed by atoms with Crippen LogP contribution in [0.25, 0.3) is 16.6 Å². The van der Waals surface area contributed by atoms with Gasteiger partial charge in [0.1, 0.15) is 12.3 Å². The van der Waals surface area contributed by atoms with Crippen molar-refractivity contribution in [3.63, 3.8) is 0 Å². The normalized spacial score (nSPS) is 15.2. The van der Waals surface area contributed by atoms with E-state index in [9.17, 15) is 18.4 Å². The number of H-pyrrole nitrogens is 1. The number of carbonyl (C=O) groups is 2. The van der Waals surface area contributed by atoms with Crippen molar-refractivity contribution in [2.24, 2.45) is 0 Å². The highest BCUT2D eigenvalue weighted by molar-refractivity contribution is 6.18. The van der Waals surface area contributed by atoms with Crippen LogP contribution in [-0.2, 0) is 14.9 Å². The molecule has 1 amide bonds. The zero-order valence-corrected chi connectivity index (χ0v) is 17.5. The molecule has 1 aliphatic rings. The Bertz CT molecular complexity index is 1250. The first kappa shape index (κ1) is 21.6. The van der Waals surface area contributed by atoms with Crippen molar-refractivity contribution < 1.29 is 28.2 Å². The number of aromatic nitrogens is 2. The number of amides is 1. The fourth-order valence-corrected chi connectivity index (χ4v) is 3.99. The highest BCUT2D eigenvalue weighted by atomic mass is 19.2. The number of aliphatic hydroxyl groups is 1. The molecule has 4 rings (SSSR count). The molecular weight excluding hydrogens is 420 g/mol. The summed E-state index contributed by atoms with van der Waals surface area (Å²) in [6.07, 6.45) is 2.96. The Labute approximate surface area is 182 Å². The summed E-state index contributed by atoms with van der Waals surface area (Å²) in [5.74, 6) is -3.54. The number of carbonyl (C=O) groups excluding carboxylic acids is 2. The maximum atomic E-state index is 13.8. The highest BCUT2D eigenvalue weighted by Gasteiger charge is 2.37. The number of halogens is 2. The molecule has 9 heteroatoms. The molecular formula is C23H21F2N3O4. The second-order valence-corrected chi connectivity index (χ2v) is 8.12. The average Bonchev–Trinajstić information content (AvgIpc) is 3.11. The number of hydrogen-bond acceptors (Lipinski definition) is 5. The van der Waals surface area contributed by atoms with Crippen LogP contribution in [0.5, 0.6) is 0 Å². The Kier molecular flexibility index (Phi) is 5.52. The molecule has 3 heterocycles. The Morgan fingerprint density at radius 3 is 2.75 bits per heavy atom. The number of aromatic amines is 1. The van der Waals surface area contributed by atoms with Gasteiger partial charge in [-0.1, -0.05) is 13.8 Å². The zero-order valence-electron chi connectivity index (χ0n) is 17.5. The summed E-state index contributed by atoms with van der Waals surface area (Å²) < 4.78 is 32.2. The summed E-state index contributed by atoms with van der Waals surface area (Å²) in [7, 11) is 0. The standard InChI is InChI=1S/C23H21F2N3O4/c1-23(2)12-28(21(30)13-5-6-16(24)17(25)10-13)11-15(22(31)32-9-8-29)19-18(23)14-4-3-7-26-20(14)27-19/h3-7,10-11,29H,8-9,12H2,1-2H3,(H,26,27). The van der Waals surface area contributed by atoms with Crippen molar-refractivity contribution >= 4 is 28.5 Å². The van der Waals surface area contributed by atoms with Gasteiger partial charge in [-0.25, -0.2) is 18.6 Å². The number of esters is 1. The molecule has 0 aliphatic carbocycles. The Balaban J connectivity index is 1.87. The van der Waals surface area contributed by atoms with Gasteiger partial charge in [0.2, 0.25) is 0 Å². The van der Waals surface area contributed by atoms with E-state index >= 15 is 0 Å². The van der Waals surface area contributed by atoms with Gasteiger partial charge in [0.15, 0.2) is 11.6 Å². The summed E-state index contributed by atoms with van der Waals surface area (Å²) >= 11 is 0. The Morgan fingerprint density at radius 2 is 2.03 bits per heavy atom. The van der Waals surface area contributed by atoms with Crippen LogP contribution in [-0.4, -0.2) is 51.6 Å². The molecule has 0 spiro atoms. The lowest BCUT2D eigenvalue weighted by atomic mass is 9.82. The largest absolute Gasteiger partial charge is 0.460 e. The van der Waals surface area contributed by atoms with Gasteiger partial charge >= 0.3 is 5.97 Å². The summed E-state index contributed by atoms with van der Waals surface area (Å²) in [5.41, 5.74) is 1.15. The third-order valence-electron chi connectivity index (χ3n) is 5.34. The number of aliphatic hydroxyl groups excluding tert-OH is 1. The SMILES string of the molecule is CC1(C)CN(C(=O)c2ccc(F)c(F)c2)C=C(C(=O)OCCO)c2[nH]c3ncccc3c21. The van der Waals surface area contributed by atoms with Crippen LogP contribution in [0.1, 0.15) is 35.5 Å². The molecule has 3 aromatic rings. The molecule has 7 nitrogen and oxygen atoms in total. The first-order chi connectivity index (χ1) is 15.2. The summed E-state index contributed by atoms with van der Waals surface area (Å²) in [4.78, 5) is 34.8. The van der Waals surface area contributed by atoms with Gasteiger partial charge in [-0.3, -0.25) is 4.79 Å². The monoisotopic (exact) mass is 441 g/mol. The molecule has 0 fully saturated rings. The minimum atomic E-state index is -1.14. The van der Waals surface area contributed by atoms with E-state index in [2.05, 4.69) is 9.97 Å². The van der Waals surface area contributed by atoms with Crippen molar-refractivity contribution in [1.29, 1.82) is 0 Å². The fourth-order valence-electron chi connectivity index (χ4n) is 3.99. The van der Waals surface area contributed by atoms with Crippen molar-refractivity contribution in [3.05, 3.63) is 71.2 Å². The molecule has 1 aliphatic heterocycles. The molecule has 2 aromatic heterocycles. The molecule has 0 atom stereocenters. The molecule has 0 bridgehead atoms. The Hall–Kier alpha value is -3.59. The molecule has 32 heavy (non-hydrogen) atoms. The number of pyridine rings is 1. The summed E-state index contributed by atoms with van der Waals surface area (Å²) in [6, 6.07) is 6.53. The quantitative estimate of drug-likeness (QED) is 0.607. The van der Waals surface area contributed by atoms with E-state index in [4.69, 9.17) is 9.84 Å². The van der Waals surface area contributed by atoms with Gasteiger partial charge in [0, 0.05) is 35.3 Å². The van der Waals surface area contributed by atoms with Crippen LogP contribution in [0, 0.1) is 11.6 Å².